The first-order chi connectivity index (χ1) is 12.5. The van der Waals surface area contributed by atoms with Gasteiger partial charge in [0.05, 0.1) is 20.1 Å². The molecule has 1 aliphatic carbocycles. The van der Waals surface area contributed by atoms with Crippen molar-refractivity contribution in [1.82, 2.24) is 5.32 Å². The van der Waals surface area contributed by atoms with Crippen molar-refractivity contribution in [1.29, 1.82) is 0 Å². The molecule has 0 bridgehead atoms. The average Bonchev–Trinajstić information content (AvgIpc) is 2.65. The Labute approximate surface area is 154 Å². The van der Waals surface area contributed by atoms with Crippen LogP contribution in [0.5, 0.6) is 11.5 Å². The second-order valence-corrected chi connectivity index (χ2v) is 6.60. The molecule has 0 aromatic heterocycles. The fourth-order valence-electron chi connectivity index (χ4n) is 3.50. The number of benzene rings is 1. The molecule has 0 heterocycles. The molecule has 26 heavy (non-hydrogen) atoms. The van der Waals surface area contributed by atoms with E-state index in [1.54, 1.807) is 20.3 Å². The van der Waals surface area contributed by atoms with Crippen LogP contribution < -0.4 is 14.8 Å². The number of carboxylic acid groups (broad SMARTS) is 1. The standard InChI is InChI=1S/C20H27NO5/c1-4-6-14-9-13(10-17(25-2)18(14)26-3)12-21-19(22)15-7-5-8-16(11-15)20(23)24/h4,9-10,15-16H,1,5-8,11-12H2,2-3H3,(H,21,22)(H,23,24). The summed E-state index contributed by atoms with van der Waals surface area (Å²) in [7, 11) is 3.17. The molecule has 2 N–H and O–H groups in total. The molecular weight excluding hydrogens is 334 g/mol. The molecule has 1 saturated carbocycles. The van der Waals surface area contributed by atoms with Crippen LogP contribution in [0, 0.1) is 11.8 Å². The predicted octanol–water partition coefficient (Wildman–Crippen LogP) is 2.94. The first-order valence-electron chi connectivity index (χ1n) is 8.85. The normalized spacial score (nSPS) is 19.5. The third-order valence-corrected chi connectivity index (χ3v) is 4.84. The first-order valence-corrected chi connectivity index (χ1v) is 8.85. The van der Waals surface area contributed by atoms with Gasteiger partial charge in [0.2, 0.25) is 5.91 Å². The lowest BCUT2D eigenvalue weighted by molar-refractivity contribution is -0.144. The summed E-state index contributed by atoms with van der Waals surface area (Å²) in [6.45, 7) is 4.12. The van der Waals surface area contributed by atoms with Crippen LogP contribution >= 0.6 is 0 Å². The quantitative estimate of drug-likeness (QED) is 0.696. The van der Waals surface area contributed by atoms with Crippen molar-refractivity contribution in [3.8, 4) is 11.5 Å². The Bertz CT molecular complexity index is 670. The van der Waals surface area contributed by atoms with E-state index in [1.807, 2.05) is 12.1 Å². The Morgan fingerprint density at radius 1 is 1.27 bits per heavy atom. The number of allylic oxidation sites excluding steroid dienone is 1. The molecule has 1 aliphatic rings. The van der Waals surface area contributed by atoms with Crippen molar-refractivity contribution in [2.24, 2.45) is 11.8 Å². The van der Waals surface area contributed by atoms with Gasteiger partial charge in [0.15, 0.2) is 11.5 Å². The van der Waals surface area contributed by atoms with Gasteiger partial charge in [0.25, 0.3) is 0 Å². The Kier molecular flexibility index (Phi) is 7.06. The molecule has 1 aromatic carbocycles. The number of rotatable bonds is 8. The van der Waals surface area contributed by atoms with Gasteiger partial charge in [-0.05, 0) is 43.4 Å². The summed E-state index contributed by atoms with van der Waals surface area (Å²) in [5.74, 6) is -0.274. The maximum atomic E-state index is 12.5. The number of methoxy groups -OCH3 is 2. The van der Waals surface area contributed by atoms with Crippen molar-refractivity contribution in [2.45, 2.75) is 38.6 Å². The van der Waals surface area contributed by atoms with Crippen molar-refractivity contribution >= 4 is 11.9 Å². The van der Waals surface area contributed by atoms with Crippen molar-refractivity contribution in [3.63, 3.8) is 0 Å². The van der Waals surface area contributed by atoms with Crippen LogP contribution in [0.25, 0.3) is 0 Å². The Morgan fingerprint density at radius 2 is 2.00 bits per heavy atom. The van der Waals surface area contributed by atoms with E-state index >= 15 is 0 Å². The van der Waals surface area contributed by atoms with Gasteiger partial charge >= 0.3 is 5.97 Å². The summed E-state index contributed by atoms with van der Waals surface area (Å²) in [6, 6.07) is 3.80. The summed E-state index contributed by atoms with van der Waals surface area (Å²) in [6.07, 6.45) is 4.99. The lowest BCUT2D eigenvalue weighted by Gasteiger charge is -2.25. The van der Waals surface area contributed by atoms with E-state index in [9.17, 15) is 9.59 Å². The molecule has 0 saturated heterocycles. The smallest absolute Gasteiger partial charge is 0.306 e. The minimum atomic E-state index is -0.809. The third kappa shape index (κ3) is 4.77. The van der Waals surface area contributed by atoms with Gasteiger partial charge in [-0.25, -0.2) is 0 Å². The molecule has 2 unspecified atom stereocenters. The van der Waals surface area contributed by atoms with Crippen LogP contribution in [0.3, 0.4) is 0 Å². The highest BCUT2D eigenvalue weighted by Crippen LogP contribution is 2.33. The molecule has 0 spiro atoms. The Hall–Kier alpha value is -2.50. The summed E-state index contributed by atoms with van der Waals surface area (Å²) in [4.78, 5) is 23.6. The lowest BCUT2D eigenvalue weighted by atomic mass is 9.81. The van der Waals surface area contributed by atoms with Gasteiger partial charge in [0.1, 0.15) is 0 Å². The molecule has 2 atom stereocenters. The van der Waals surface area contributed by atoms with Crippen LogP contribution in [-0.4, -0.2) is 31.2 Å². The number of hydrogen-bond acceptors (Lipinski definition) is 4. The number of aliphatic carboxylic acids is 1. The summed E-state index contributed by atoms with van der Waals surface area (Å²) in [5.41, 5.74) is 1.84. The van der Waals surface area contributed by atoms with Crippen LogP contribution in [0.15, 0.2) is 24.8 Å². The predicted molar refractivity (Wildman–Crippen MR) is 98.4 cm³/mol. The zero-order valence-electron chi connectivity index (χ0n) is 15.4. The average molecular weight is 361 g/mol. The van der Waals surface area contributed by atoms with Crippen LogP contribution in [0.4, 0.5) is 0 Å². The second-order valence-electron chi connectivity index (χ2n) is 6.60. The topological polar surface area (TPSA) is 84.9 Å². The maximum Gasteiger partial charge on any atom is 0.306 e. The highest BCUT2D eigenvalue weighted by molar-refractivity contribution is 5.80. The van der Waals surface area contributed by atoms with Gasteiger partial charge in [-0.1, -0.05) is 12.5 Å². The SMILES string of the molecule is C=CCc1cc(CNC(=O)C2CCCC(C(=O)O)C2)cc(OC)c1OC. The Balaban J connectivity index is 2.06. The van der Waals surface area contributed by atoms with Gasteiger partial charge in [-0.3, -0.25) is 9.59 Å². The van der Waals surface area contributed by atoms with Crippen molar-refractivity contribution < 1.29 is 24.2 Å². The molecule has 2 rings (SSSR count). The van der Waals surface area contributed by atoms with Gasteiger partial charge in [0, 0.05) is 18.0 Å². The zero-order valence-corrected chi connectivity index (χ0v) is 15.4. The number of carboxylic acids is 1. The molecule has 1 amide bonds. The van der Waals surface area contributed by atoms with Crippen LogP contribution in [0.1, 0.15) is 36.8 Å². The summed E-state index contributed by atoms with van der Waals surface area (Å²) < 4.78 is 10.8. The summed E-state index contributed by atoms with van der Waals surface area (Å²) in [5, 5.41) is 12.1. The molecule has 1 fully saturated rings. The van der Waals surface area contributed by atoms with E-state index in [0.717, 1.165) is 24.0 Å². The fraction of sp³-hybridized carbons (Fsp3) is 0.500. The Morgan fingerprint density at radius 3 is 2.62 bits per heavy atom. The maximum absolute atomic E-state index is 12.5. The molecule has 142 valence electrons. The number of carbonyl (C=O) groups is 2. The minimum Gasteiger partial charge on any atom is -0.493 e. The minimum absolute atomic E-state index is 0.0870. The molecule has 6 heteroatoms. The molecular formula is C20H27NO5. The van der Waals surface area contributed by atoms with Crippen molar-refractivity contribution in [2.75, 3.05) is 14.2 Å². The zero-order chi connectivity index (χ0) is 19.1. The van der Waals surface area contributed by atoms with Crippen LogP contribution in [0.2, 0.25) is 0 Å². The number of nitrogens with one attached hydrogen (secondary N) is 1. The highest BCUT2D eigenvalue weighted by atomic mass is 16.5. The van der Waals surface area contributed by atoms with E-state index in [4.69, 9.17) is 14.6 Å². The first kappa shape index (κ1) is 19.8. The molecule has 0 radical (unpaired) electrons. The number of ether oxygens (including phenoxy) is 2. The largest absolute Gasteiger partial charge is 0.493 e. The van der Waals surface area contributed by atoms with Gasteiger partial charge < -0.3 is 19.9 Å². The van der Waals surface area contributed by atoms with Crippen molar-refractivity contribution in [3.05, 3.63) is 35.9 Å². The van der Waals surface area contributed by atoms with Crippen LogP contribution in [-0.2, 0) is 22.6 Å². The van der Waals surface area contributed by atoms with Gasteiger partial charge in [-0.15, -0.1) is 6.58 Å². The number of amides is 1. The lowest BCUT2D eigenvalue weighted by Crippen LogP contribution is -2.35. The van der Waals surface area contributed by atoms with E-state index in [1.165, 1.54) is 0 Å². The third-order valence-electron chi connectivity index (χ3n) is 4.84. The number of hydrogen-bond donors (Lipinski definition) is 2. The highest BCUT2D eigenvalue weighted by Gasteiger charge is 2.30. The van der Waals surface area contributed by atoms with E-state index in [0.29, 0.717) is 37.3 Å². The van der Waals surface area contributed by atoms with E-state index < -0.39 is 11.9 Å². The number of carbonyl (C=O) groups excluding carboxylic acids is 1. The second kappa shape index (κ2) is 9.27. The molecule has 6 nitrogen and oxygen atoms in total. The van der Waals surface area contributed by atoms with E-state index in [-0.39, 0.29) is 11.8 Å². The van der Waals surface area contributed by atoms with Gasteiger partial charge in [-0.2, -0.15) is 0 Å². The fourth-order valence-corrected chi connectivity index (χ4v) is 3.50. The monoisotopic (exact) mass is 361 g/mol. The molecule has 0 aliphatic heterocycles. The van der Waals surface area contributed by atoms with E-state index in [2.05, 4.69) is 11.9 Å². The summed E-state index contributed by atoms with van der Waals surface area (Å²) >= 11 is 0. The molecule has 1 aromatic rings.